The largest absolute Gasteiger partial charge is 0.497 e. The lowest BCUT2D eigenvalue weighted by molar-refractivity contribution is -0.116. The molecule has 0 saturated heterocycles. The maximum absolute atomic E-state index is 13.3. The number of rotatable bonds is 9. The second kappa shape index (κ2) is 10.5. The van der Waals surface area contributed by atoms with E-state index >= 15 is 0 Å². The first-order valence-corrected chi connectivity index (χ1v) is 12.2. The fraction of sp³-hybridized carbons (Fsp3) is 0.174. The summed E-state index contributed by atoms with van der Waals surface area (Å²) in [6.45, 7) is -0.236. The summed E-state index contributed by atoms with van der Waals surface area (Å²) in [5.74, 6) is 0.145. The van der Waals surface area contributed by atoms with Crippen molar-refractivity contribution in [2.24, 2.45) is 0 Å². The number of nitrogens with zero attached hydrogens (tertiary/aromatic N) is 1. The summed E-state index contributed by atoms with van der Waals surface area (Å²) in [6.07, 6.45) is 1.95. The number of ether oxygens (including phenoxy) is 1. The SMILES string of the molecule is COc1ccc(S(=O)(=O)N(CC(=O)Nc2cccc(SC)c2)Cc2ccccc2)cc1. The van der Waals surface area contributed by atoms with E-state index in [2.05, 4.69) is 5.32 Å². The van der Waals surface area contributed by atoms with Crippen molar-refractivity contribution < 1.29 is 17.9 Å². The number of carbonyl (C=O) groups is 1. The first-order valence-electron chi connectivity index (χ1n) is 9.54. The van der Waals surface area contributed by atoms with Crippen molar-refractivity contribution in [2.75, 3.05) is 25.2 Å². The molecule has 1 amide bonds. The number of nitrogens with one attached hydrogen (secondary N) is 1. The van der Waals surface area contributed by atoms with E-state index in [-0.39, 0.29) is 18.0 Å². The Morgan fingerprint density at radius 3 is 2.35 bits per heavy atom. The molecule has 31 heavy (non-hydrogen) atoms. The van der Waals surface area contributed by atoms with Gasteiger partial charge in [-0.3, -0.25) is 4.79 Å². The summed E-state index contributed by atoms with van der Waals surface area (Å²) in [5, 5.41) is 2.80. The first-order chi connectivity index (χ1) is 14.9. The molecule has 0 bridgehead atoms. The molecule has 0 aliphatic heterocycles. The number of amides is 1. The standard InChI is InChI=1S/C23H24N2O4S2/c1-29-20-11-13-22(14-12-20)31(27,28)25(16-18-7-4-3-5-8-18)17-23(26)24-19-9-6-10-21(15-19)30-2/h3-15H,16-17H2,1-2H3,(H,24,26). The predicted molar refractivity (Wildman–Crippen MR) is 124 cm³/mol. The summed E-state index contributed by atoms with van der Waals surface area (Å²) in [7, 11) is -2.40. The molecule has 0 aliphatic carbocycles. The highest BCUT2D eigenvalue weighted by Crippen LogP contribution is 2.22. The predicted octanol–water partition coefficient (Wildman–Crippen LogP) is 4.25. The molecule has 0 saturated carbocycles. The smallest absolute Gasteiger partial charge is 0.243 e. The lowest BCUT2D eigenvalue weighted by Crippen LogP contribution is -2.37. The molecule has 0 heterocycles. The molecule has 1 N–H and O–H groups in total. The van der Waals surface area contributed by atoms with Crippen LogP contribution in [0.25, 0.3) is 0 Å². The van der Waals surface area contributed by atoms with Gasteiger partial charge < -0.3 is 10.1 Å². The van der Waals surface area contributed by atoms with Crippen LogP contribution in [0.3, 0.4) is 0 Å². The van der Waals surface area contributed by atoms with E-state index in [0.29, 0.717) is 11.4 Å². The number of benzene rings is 3. The third-order valence-electron chi connectivity index (χ3n) is 4.57. The minimum absolute atomic E-state index is 0.0769. The van der Waals surface area contributed by atoms with Gasteiger partial charge in [-0.25, -0.2) is 8.42 Å². The van der Waals surface area contributed by atoms with Crippen molar-refractivity contribution in [3.63, 3.8) is 0 Å². The topological polar surface area (TPSA) is 75.7 Å². The van der Waals surface area contributed by atoms with E-state index in [1.807, 2.05) is 54.8 Å². The summed E-state index contributed by atoms with van der Waals surface area (Å²) in [4.78, 5) is 13.9. The highest BCUT2D eigenvalue weighted by Gasteiger charge is 2.27. The molecule has 0 aliphatic rings. The Labute approximate surface area is 187 Å². The van der Waals surface area contributed by atoms with Crippen LogP contribution < -0.4 is 10.1 Å². The molecule has 162 valence electrons. The number of methoxy groups -OCH3 is 1. The van der Waals surface area contributed by atoms with Gasteiger partial charge in [0.15, 0.2) is 0 Å². The zero-order valence-corrected chi connectivity index (χ0v) is 18.9. The molecule has 0 aromatic heterocycles. The van der Waals surface area contributed by atoms with Gasteiger partial charge in [-0.2, -0.15) is 4.31 Å². The summed E-state index contributed by atoms with van der Waals surface area (Å²) < 4.78 is 32.9. The van der Waals surface area contributed by atoms with Gasteiger partial charge in [0.1, 0.15) is 5.75 Å². The van der Waals surface area contributed by atoms with Crippen molar-refractivity contribution in [1.82, 2.24) is 4.31 Å². The van der Waals surface area contributed by atoms with Gasteiger partial charge >= 0.3 is 0 Å². The minimum atomic E-state index is -3.91. The Kier molecular flexibility index (Phi) is 7.73. The fourth-order valence-electron chi connectivity index (χ4n) is 2.97. The van der Waals surface area contributed by atoms with Crippen LogP contribution >= 0.6 is 11.8 Å². The number of hydrogen-bond donors (Lipinski definition) is 1. The van der Waals surface area contributed by atoms with E-state index in [1.165, 1.54) is 23.5 Å². The van der Waals surface area contributed by atoms with Crippen LogP contribution in [0.1, 0.15) is 5.56 Å². The van der Waals surface area contributed by atoms with Gasteiger partial charge in [-0.15, -0.1) is 11.8 Å². The van der Waals surface area contributed by atoms with Gasteiger partial charge in [-0.1, -0.05) is 36.4 Å². The third-order valence-corrected chi connectivity index (χ3v) is 7.10. The average Bonchev–Trinajstić information content (AvgIpc) is 2.79. The Balaban J connectivity index is 1.85. The molecule has 3 rings (SSSR count). The first kappa shape index (κ1) is 22.9. The number of carbonyl (C=O) groups excluding carboxylic acids is 1. The van der Waals surface area contributed by atoms with Crippen LogP contribution in [0.4, 0.5) is 5.69 Å². The van der Waals surface area contributed by atoms with E-state index in [4.69, 9.17) is 4.74 Å². The molecule has 3 aromatic rings. The number of anilines is 1. The lowest BCUT2D eigenvalue weighted by Gasteiger charge is -2.22. The van der Waals surface area contributed by atoms with Crippen LogP contribution in [0, 0.1) is 0 Å². The molecule has 6 nitrogen and oxygen atoms in total. The molecule has 8 heteroatoms. The summed E-state index contributed by atoms with van der Waals surface area (Å²) >= 11 is 1.56. The zero-order valence-electron chi connectivity index (χ0n) is 17.3. The van der Waals surface area contributed by atoms with Crippen LogP contribution in [0.15, 0.2) is 88.7 Å². The van der Waals surface area contributed by atoms with Crippen LogP contribution in [0.2, 0.25) is 0 Å². The minimum Gasteiger partial charge on any atom is -0.497 e. The number of sulfonamides is 1. The Bertz CT molecular complexity index is 1120. The van der Waals surface area contributed by atoms with E-state index < -0.39 is 15.9 Å². The van der Waals surface area contributed by atoms with Crippen molar-refractivity contribution in [3.05, 3.63) is 84.4 Å². The normalized spacial score (nSPS) is 11.3. The molecule has 0 atom stereocenters. The van der Waals surface area contributed by atoms with Crippen molar-refractivity contribution >= 4 is 33.4 Å². The number of hydrogen-bond acceptors (Lipinski definition) is 5. The van der Waals surface area contributed by atoms with Gasteiger partial charge in [0.05, 0.1) is 18.6 Å². The maximum atomic E-state index is 13.3. The van der Waals surface area contributed by atoms with Gasteiger partial charge in [0, 0.05) is 17.1 Å². The summed E-state index contributed by atoms with van der Waals surface area (Å²) in [6, 6.07) is 22.7. The second-order valence-electron chi connectivity index (χ2n) is 6.71. The summed E-state index contributed by atoms with van der Waals surface area (Å²) in [5.41, 5.74) is 1.41. The molecule has 3 aromatic carbocycles. The fourth-order valence-corrected chi connectivity index (χ4v) is 4.82. The molecule has 0 spiro atoms. The Morgan fingerprint density at radius 2 is 1.71 bits per heavy atom. The van der Waals surface area contributed by atoms with Crippen LogP contribution in [-0.4, -0.2) is 38.5 Å². The quantitative estimate of drug-likeness (QED) is 0.487. The van der Waals surface area contributed by atoms with Crippen LogP contribution in [0.5, 0.6) is 5.75 Å². The van der Waals surface area contributed by atoms with E-state index in [9.17, 15) is 13.2 Å². The average molecular weight is 457 g/mol. The maximum Gasteiger partial charge on any atom is 0.243 e. The number of thioether (sulfide) groups is 1. The molecular weight excluding hydrogens is 432 g/mol. The Hall–Kier alpha value is -2.81. The molecular formula is C23H24N2O4S2. The molecule has 0 fully saturated rings. The van der Waals surface area contributed by atoms with Crippen LogP contribution in [-0.2, 0) is 21.4 Å². The monoisotopic (exact) mass is 456 g/mol. The van der Waals surface area contributed by atoms with Gasteiger partial charge in [0.2, 0.25) is 15.9 Å². The molecule has 0 radical (unpaired) electrons. The highest BCUT2D eigenvalue weighted by atomic mass is 32.2. The van der Waals surface area contributed by atoms with Crippen molar-refractivity contribution in [2.45, 2.75) is 16.3 Å². The van der Waals surface area contributed by atoms with Gasteiger partial charge in [-0.05, 0) is 54.3 Å². The van der Waals surface area contributed by atoms with Crippen molar-refractivity contribution in [3.8, 4) is 5.75 Å². The highest BCUT2D eigenvalue weighted by molar-refractivity contribution is 7.98. The third kappa shape index (κ3) is 6.10. The second-order valence-corrected chi connectivity index (χ2v) is 9.53. The molecule has 0 unspecified atom stereocenters. The van der Waals surface area contributed by atoms with Gasteiger partial charge in [0.25, 0.3) is 0 Å². The zero-order chi connectivity index (χ0) is 22.3. The Morgan fingerprint density at radius 1 is 1.00 bits per heavy atom. The van der Waals surface area contributed by atoms with Crippen molar-refractivity contribution in [1.29, 1.82) is 0 Å². The van der Waals surface area contributed by atoms with E-state index in [0.717, 1.165) is 10.5 Å². The van der Waals surface area contributed by atoms with E-state index in [1.54, 1.807) is 30.0 Å². The lowest BCUT2D eigenvalue weighted by atomic mass is 10.2.